The summed E-state index contributed by atoms with van der Waals surface area (Å²) in [6.45, 7) is 4.27. The first-order chi connectivity index (χ1) is 15.1. The fourth-order valence-electron chi connectivity index (χ4n) is 5.51. The molecule has 2 saturated heterocycles. The summed E-state index contributed by atoms with van der Waals surface area (Å²) in [5.74, 6) is 0.718. The number of ether oxygens (including phenoxy) is 1. The monoisotopic (exact) mass is 421 g/mol. The lowest BCUT2D eigenvalue weighted by Gasteiger charge is -2.43. The normalized spacial score (nSPS) is 25.0. The molecule has 2 aromatic rings. The van der Waals surface area contributed by atoms with Gasteiger partial charge in [0, 0.05) is 56.5 Å². The van der Waals surface area contributed by atoms with Crippen molar-refractivity contribution in [2.45, 2.75) is 50.9 Å². The Balaban J connectivity index is 1.31. The van der Waals surface area contributed by atoms with Crippen molar-refractivity contribution in [3.8, 4) is 0 Å². The largest absolute Gasteiger partial charge is 0.368 e. The summed E-state index contributed by atoms with van der Waals surface area (Å²) in [7, 11) is 2.06. The minimum absolute atomic E-state index is 0.131. The summed E-state index contributed by atoms with van der Waals surface area (Å²) in [6.07, 6.45) is 2.60. The molecule has 1 amide bonds. The summed E-state index contributed by atoms with van der Waals surface area (Å²) in [5, 5.41) is 0. The first kappa shape index (κ1) is 20.5. The van der Waals surface area contributed by atoms with Gasteiger partial charge in [0.2, 0.25) is 0 Å². The van der Waals surface area contributed by atoms with Crippen LogP contribution in [0.3, 0.4) is 0 Å². The Labute approximate surface area is 183 Å². The molecule has 6 nitrogen and oxygen atoms in total. The van der Waals surface area contributed by atoms with Gasteiger partial charge in [-0.3, -0.25) is 14.5 Å². The van der Waals surface area contributed by atoms with Gasteiger partial charge in [-0.25, -0.2) is 0 Å². The number of aromatic nitrogens is 1. The molecule has 0 spiro atoms. The number of rotatable bonds is 5. The van der Waals surface area contributed by atoms with Gasteiger partial charge in [0.25, 0.3) is 11.5 Å². The molecule has 3 atom stereocenters. The Morgan fingerprint density at radius 2 is 1.94 bits per heavy atom. The zero-order chi connectivity index (χ0) is 21.4. The van der Waals surface area contributed by atoms with Crippen LogP contribution >= 0.6 is 0 Å². The maximum absolute atomic E-state index is 13.3. The number of nitrogens with zero attached hydrogens (tertiary/aromatic N) is 3. The molecule has 3 aliphatic rings. The van der Waals surface area contributed by atoms with E-state index in [0.29, 0.717) is 32.2 Å². The third-order valence-electron chi connectivity index (χ3n) is 6.94. The van der Waals surface area contributed by atoms with E-state index in [2.05, 4.69) is 30.1 Å². The van der Waals surface area contributed by atoms with Crippen LogP contribution in [0.25, 0.3) is 0 Å². The molecule has 0 N–H and O–H groups in total. The van der Waals surface area contributed by atoms with Crippen molar-refractivity contribution in [2.24, 2.45) is 5.92 Å². The van der Waals surface area contributed by atoms with Gasteiger partial charge in [0.05, 0.1) is 0 Å². The SMILES string of the molecule is CN(Cc1ccccc1)Cc1ccc2n(c1=O)C[C@H]1C[C@@H]2CN(C(=O)[C@H]2CCCO2)C1. The average Bonchev–Trinajstić information content (AvgIpc) is 3.31. The Kier molecular flexibility index (Phi) is 5.67. The molecule has 0 saturated carbocycles. The van der Waals surface area contributed by atoms with E-state index in [9.17, 15) is 9.59 Å². The first-order valence-electron chi connectivity index (χ1n) is 11.4. The van der Waals surface area contributed by atoms with Crippen LogP contribution < -0.4 is 5.56 Å². The number of fused-ring (bicyclic) bond motifs is 4. The number of benzene rings is 1. The molecular weight excluding hydrogens is 390 g/mol. The van der Waals surface area contributed by atoms with Gasteiger partial charge in [0.15, 0.2) is 0 Å². The molecule has 6 heteroatoms. The summed E-state index contributed by atoms with van der Waals surface area (Å²) < 4.78 is 7.61. The van der Waals surface area contributed by atoms with Crippen molar-refractivity contribution >= 4 is 5.91 Å². The van der Waals surface area contributed by atoms with Crippen molar-refractivity contribution in [1.29, 1.82) is 0 Å². The van der Waals surface area contributed by atoms with Crippen molar-refractivity contribution in [3.05, 3.63) is 69.6 Å². The van der Waals surface area contributed by atoms with Crippen LogP contribution in [-0.2, 0) is 29.2 Å². The fourth-order valence-corrected chi connectivity index (χ4v) is 5.51. The van der Waals surface area contributed by atoms with Gasteiger partial charge in [-0.15, -0.1) is 0 Å². The molecular formula is C25H31N3O3. The fraction of sp³-hybridized carbons (Fsp3) is 0.520. The highest BCUT2D eigenvalue weighted by atomic mass is 16.5. The number of hydrogen-bond donors (Lipinski definition) is 0. The number of carbonyl (C=O) groups is 1. The maximum Gasteiger partial charge on any atom is 0.255 e. The van der Waals surface area contributed by atoms with Gasteiger partial charge < -0.3 is 14.2 Å². The highest BCUT2D eigenvalue weighted by Gasteiger charge is 2.39. The summed E-state index contributed by atoms with van der Waals surface area (Å²) in [4.78, 5) is 30.3. The summed E-state index contributed by atoms with van der Waals surface area (Å²) in [5.41, 5.74) is 3.30. The van der Waals surface area contributed by atoms with E-state index in [1.54, 1.807) is 0 Å². The van der Waals surface area contributed by atoms with Crippen molar-refractivity contribution in [3.63, 3.8) is 0 Å². The molecule has 1 aromatic carbocycles. The molecule has 0 radical (unpaired) electrons. The maximum atomic E-state index is 13.3. The van der Waals surface area contributed by atoms with Gasteiger partial charge >= 0.3 is 0 Å². The van der Waals surface area contributed by atoms with Crippen LogP contribution in [0.5, 0.6) is 0 Å². The smallest absolute Gasteiger partial charge is 0.255 e. The third kappa shape index (κ3) is 4.19. The van der Waals surface area contributed by atoms with E-state index in [1.807, 2.05) is 33.7 Å². The van der Waals surface area contributed by atoms with Crippen LogP contribution in [-0.4, -0.2) is 53.1 Å². The lowest BCUT2D eigenvalue weighted by Crippen LogP contribution is -2.51. The van der Waals surface area contributed by atoms with E-state index in [1.165, 1.54) is 5.56 Å². The van der Waals surface area contributed by atoms with Crippen LogP contribution in [0.15, 0.2) is 47.3 Å². The van der Waals surface area contributed by atoms with Crippen molar-refractivity contribution in [2.75, 3.05) is 26.7 Å². The van der Waals surface area contributed by atoms with E-state index in [0.717, 1.165) is 43.6 Å². The molecule has 2 fully saturated rings. The Morgan fingerprint density at radius 3 is 2.71 bits per heavy atom. The second-order valence-electron chi connectivity index (χ2n) is 9.40. The zero-order valence-corrected chi connectivity index (χ0v) is 18.2. The number of carbonyl (C=O) groups excluding carboxylic acids is 1. The van der Waals surface area contributed by atoms with Crippen LogP contribution in [0.2, 0.25) is 0 Å². The summed E-state index contributed by atoms with van der Waals surface area (Å²) >= 11 is 0. The molecule has 1 aromatic heterocycles. The van der Waals surface area contributed by atoms with Crippen LogP contribution in [0, 0.1) is 5.92 Å². The lowest BCUT2D eigenvalue weighted by molar-refractivity contribution is -0.143. The third-order valence-corrected chi connectivity index (χ3v) is 6.94. The molecule has 2 bridgehead atoms. The highest BCUT2D eigenvalue weighted by Crippen LogP contribution is 2.36. The Bertz CT molecular complexity index is 997. The van der Waals surface area contributed by atoms with E-state index in [-0.39, 0.29) is 23.5 Å². The van der Waals surface area contributed by atoms with Crippen LogP contribution in [0.4, 0.5) is 0 Å². The van der Waals surface area contributed by atoms with E-state index < -0.39 is 0 Å². The predicted octanol–water partition coefficient (Wildman–Crippen LogP) is 2.61. The number of hydrogen-bond acceptors (Lipinski definition) is 4. The van der Waals surface area contributed by atoms with Gasteiger partial charge in [-0.05, 0) is 43.9 Å². The summed E-state index contributed by atoms with van der Waals surface area (Å²) in [6, 6.07) is 14.4. The second-order valence-corrected chi connectivity index (χ2v) is 9.40. The Morgan fingerprint density at radius 1 is 1.10 bits per heavy atom. The topological polar surface area (TPSA) is 54.8 Å². The van der Waals surface area contributed by atoms with Crippen LogP contribution in [0.1, 0.15) is 42.0 Å². The average molecular weight is 422 g/mol. The first-order valence-corrected chi connectivity index (χ1v) is 11.4. The van der Waals surface area contributed by atoms with Gasteiger partial charge in [-0.1, -0.05) is 36.4 Å². The molecule has 5 rings (SSSR count). The molecule has 3 aliphatic heterocycles. The lowest BCUT2D eigenvalue weighted by atomic mass is 9.82. The van der Waals surface area contributed by atoms with Gasteiger partial charge in [0.1, 0.15) is 6.10 Å². The number of amides is 1. The minimum Gasteiger partial charge on any atom is -0.368 e. The van der Waals surface area contributed by atoms with Crippen molar-refractivity contribution < 1.29 is 9.53 Å². The standard InChI is InChI=1S/C25H31N3O3/c1-26(13-18-6-3-2-4-7-18)16-20-9-10-22-21-12-19(15-28(22)24(20)29)14-27(17-21)25(30)23-8-5-11-31-23/h2-4,6-7,9-10,19,21,23H,5,8,11-17H2,1H3/t19-,21+,23+/m0/s1. The molecule has 31 heavy (non-hydrogen) atoms. The molecule has 0 unspecified atom stereocenters. The Hall–Kier alpha value is -2.44. The minimum atomic E-state index is -0.261. The highest BCUT2D eigenvalue weighted by molar-refractivity contribution is 5.81. The number of likely N-dealkylation sites (tertiary alicyclic amines) is 1. The van der Waals surface area contributed by atoms with Gasteiger partial charge in [-0.2, -0.15) is 0 Å². The molecule has 164 valence electrons. The number of piperidine rings is 1. The predicted molar refractivity (Wildman–Crippen MR) is 119 cm³/mol. The zero-order valence-electron chi connectivity index (χ0n) is 18.2. The van der Waals surface area contributed by atoms with Crippen molar-refractivity contribution in [1.82, 2.24) is 14.4 Å². The second kappa shape index (κ2) is 8.60. The van der Waals surface area contributed by atoms with E-state index >= 15 is 0 Å². The molecule has 0 aliphatic carbocycles. The number of pyridine rings is 1. The van der Waals surface area contributed by atoms with E-state index in [4.69, 9.17) is 4.74 Å². The molecule has 4 heterocycles. The quantitative estimate of drug-likeness (QED) is 0.745.